The van der Waals surface area contributed by atoms with Gasteiger partial charge in [0.1, 0.15) is 0 Å². The topological polar surface area (TPSA) is 97.5 Å². The van der Waals surface area contributed by atoms with Gasteiger partial charge < -0.3 is 10.6 Å². The van der Waals surface area contributed by atoms with Gasteiger partial charge in [0.25, 0.3) is 0 Å². The number of carbonyl (C=O) groups excluding carboxylic acids is 2. The first-order valence-corrected chi connectivity index (χ1v) is 9.83. The molecule has 6 nitrogen and oxygen atoms in total. The van der Waals surface area contributed by atoms with Crippen LogP contribution in [0, 0.1) is 5.92 Å². The Balaban J connectivity index is 1.91. The molecule has 7 heteroatoms. The normalized spacial score (nSPS) is 27.0. The van der Waals surface area contributed by atoms with Crippen molar-refractivity contribution < 1.29 is 18.0 Å². The van der Waals surface area contributed by atoms with E-state index in [-0.39, 0.29) is 41.2 Å². The molecule has 1 saturated heterocycles. The number of amides is 2. The van der Waals surface area contributed by atoms with E-state index in [4.69, 9.17) is 5.73 Å². The Labute approximate surface area is 132 Å². The van der Waals surface area contributed by atoms with Gasteiger partial charge in [0, 0.05) is 19.0 Å². The third kappa shape index (κ3) is 4.00. The van der Waals surface area contributed by atoms with Crippen LogP contribution in [0.4, 0.5) is 0 Å². The van der Waals surface area contributed by atoms with Gasteiger partial charge in [-0.3, -0.25) is 9.59 Å². The first kappa shape index (κ1) is 17.2. The molecule has 1 aliphatic heterocycles. The molecule has 126 valence electrons. The molecule has 1 heterocycles. The SMILES string of the molecule is CC1CCC(C(N)=O)CN1C(=O)CCS(=O)(=O)C1CCCC1. The van der Waals surface area contributed by atoms with Gasteiger partial charge in [0.05, 0.1) is 16.9 Å². The molecule has 22 heavy (non-hydrogen) atoms. The second kappa shape index (κ2) is 6.98. The van der Waals surface area contributed by atoms with Crippen LogP contribution in [0.1, 0.15) is 51.9 Å². The van der Waals surface area contributed by atoms with Crippen LogP contribution in [-0.2, 0) is 19.4 Å². The van der Waals surface area contributed by atoms with Crippen LogP contribution >= 0.6 is 0 Å². The number of hydrogen-bond donors (Lipinski definition) is 1. The van der Waals surface area contributed by atoms with Crippen LogP contribution in [0.2, 0.25) is 0 Å². The van der Waals surface area contributed by atoms with Crippen molar-refractivity contribution in [3.8, 4) is 0 Å². The lowest BCUT2D eigenvalue weighted by atomic mass is 9.93. The van der Waals surface area contributed by atoms with E-state index >= 15 is 0 Å². The second-order valence-corrected chi connectivity index (χ2v) is 9.00. The second-order valence-electron chi connectivity index (χ2n) is 6.60. The zero-order valence-corrected chi connectivity index (χ0v) is 14.0. The number of nitrogens with zero attached hydrogens (tertiary/aromatic N) is 1. The number of nitrogens with two attached hydrogens (primary N) is 1. The largest absolute Gasteiger partial charge is 0.369 e. The number of sulfone groups is 1. The summed E-state index contributed by atoms with van der Waals surface area (Å²) in [5.41, 5.74) is 5.33. The minimum absolute atomic E-state index is 0.00859. The van der Waals surface area contributed by atoms with Gasteiger partial charge in [-0.15, -0.1) is 0 Å². The number of carbonyl (C=O) groups is 2. The number of hydrogen-bond acceptors (Lipinski definition) is 4. The third-order valence-electron chi connectivity index (χ3n) is 5.02. The fourth-order valence-electron chi connectivity index (χ4n) is 3.47. The van der Waals surface area contributed by atoms with Crippen molar-refractivity contribution in [2.75, 3.05) is 12.3 Å². The van der Waals surface area contributed by atoms with Crippen LogP contribution < -0.4 is 5.73 Å². The number of rotatable bonds is 5. The summed E-state index contributed by atoms with van der Waals surface area (Å²) in [5.74, 6) is -0.962. The van der Waals surface area contributed by atoms with Crippen LogP contribution in [0.25, 0.3) is 0 Å². The Bertz CT molecular complexity index is 526. The molecule has 2 atom stereocenters. The van der Waals surface area contributed by atoms with E-state index in [0.717, 1.165) is 32.1 Å². The molecular weight excluding hydrogens is 304 g/mol. The number of primary amides is 1. The fraction of sp³-hybridized carbons (Fsp3) is 0.867. The Morgan fingerprint density at radius 2 is 1.77 bits per heavy atom. The van der Waals surface area contributed by atoms with E-state index in [1.54, 1.807) is 4.90 Å². The molecule has 0 aromatic heterocycles. The van der Waals surface area contributed by atoms with Gasteiger partial charge in [-0.05, 0) is 32.6 Å². The molecular formula is C15H26N2O4S. The highest BCUT2D eigenvalue weighted by atomic mass is 32.2. The van der Waals surface area contributed by atoms with E-state index in [1.165, 1.54) is 0 Å². The van der Waals surface area contributed by atoms with Gasteiger partial charge in [-0.1, -0.05) is 12.8 Å². The maximum absolute atomic E-state index is 12.3. The zero-order chi connectivity index (χ0) is 16.3. The van der Waals surface area contributed by atoms with Crippen LogP contribution in [0.5, 0.6) is 0 Å². The molecule has 1 aliphatic carbocycles. The minimum atomic E-state index is -3.18. The van der Waals surface area contributed by atoms with Crippen molar-refractivity contribution in [1.29, 1.82) is 0 Å². The van der Waals surface area contributed by atoms with Crippen molar-refractivity contribution in [3.05, 3.63) is 0 Å². The summed E-state index contributed by atoms with van der Waals surface area (Å²) in [4.78, 5) is 25.3. The van der Waals surface area contributed by atoms with Crippen LogP contribution in [0.3, 0.4) is 0 Å². The first-order valence-electron chi connectivity index (χ1n) is 8.11. The average molecular weight is 330 g/mol. The maximum Gasteiger partial charge on any atom is 0.223 e. The predicted octanol–water partition coefficient (Wildman–Crippen LogP) is 0.846. The highest BCUT2D eigenvalue weighted by molar-refractivity contribution is 7.92. The summed E-state index contributed by atoms with van der Waals surface area (Å²) in [7, 11) is -3.18. The molecule has 0 radical (unpaired) electrons. The van der Waals surface area contributed by atoms with E-state index in [2.05, 4.69) is 0 Å². The lowest BCUT2D eigenvalue weighted by Crippen LogP contribution is -2.49. The zero-order valence-electron chi connectivity index (χ0n) is 13.2. The fourth-order valence-corrected chi connectivity index (χ4v) is 5.32. The Kier molecular flexibility index (Phi) is 5.47. The standard InChI is InChI=1S/C15H26N2O4S/c1-11-6-7-12(15(16)19)10-17(11)14(18)8-9-22(20,21)13-4-2-3-5-13/h11-13H,2-10H2,1H3,(H2,16,19). The first-order chi connectivity index (χ1) is 10.3. The van der Waals surface area contributed by atoms with Gasteiger partial charge in [0.2, 0.25) is 11.8 Å². The summed E-state index contributed by atoms with van der Waals surface area (Å²) < 4.78 is 24.5. The summed E-state index contributed by atoms with van der Waals surface area (Å²) in [5, 5.41) is -0.266. The molecule has 2 rings (SSSR count). The molecule has 0 spiro atoms. The van der Waals surface area contributed by atoms with Crippen molar-refractivity contribution in [2.45, 2.75) is 63.2 Å². The molecule has 2 fully saturated rings. The van der Waals surface area contributed by atoms with Crippen molar-refractivity contribution in [1.82, 2.24) is 4.90 Å². The number of piperidine rings is 1. The smallest absolute Gasteiger partial charge is 0.223 e. The Hall–Kier alpha value is -1.11. The van der Waals surface area contributed by atoms with Crippen LogP contribution in [-0.4, -0.2) is 48.7 Å². The van der Waals surface area contributed by atoms with Gasteiger partial charge in [0.15, 0.2) is 9.84 Å². The van der Waals surface area contributed by atoms with E-state index in [9.17, 15) is 18.0 Å². The average Bonchev–Trinajstić information content (AvgIpc) is 3.00. The predicted molar refractivity (Wildman–Crippen MR) is 83.8 cm³/mol. The van der Waals surface area contributed by atoms with Crippen molar-refractivity contribution in [2.24, 2.45) is 11.7 Å². The Morgan fingerprint density at radius 3 is 2.36 bits per heavy atom. The summed E-state index contributed by atoms with van der Waals surface area (Å²) in [6.45, 7) is 2.25. The summed E-state index contributed by atoms with van der Waals surface area (Å²) in [6.07, 6.45) is 4.80. The van der Waals surface area contributed by atoms with E-state index in [1.807, 2.05) is 6.92 Å². The lowest BCUT2D eigenvalue weighted by molar-refractivity contribution is -0.137. The monoisotopic (exact) mass is 330 g/mol. The van der Waals surface area contributed by atoms with Gasteiger partial charge in [-0.2, -0.15) is 0 Å². The molecule has 0 aromatic rings. The highest BCUT2D eigenvalue weighted by Gasteiger charge is 2.33. The Morgan fingerprint density at radius 1 is 1.14 bits per heavy atom. The van der Waals surface area contributed by atoms with Crippen molar-refractivity contribution in [3.63, 3.8) is 0 Å². The van der Waals surface area contributed by atoms with E-state index < -0.39 is 9.84 Å². The lowest BCUT2D eigenvalue weighted by Gasteiger charge is -2.37. The third-order valence-corrected chi connectivity index (χ3v) is 7.28. The summed E-state index contributed by atoms with van der Waals surface area (Å²) in [6, 6.07) is 0.0392. The molecule has 2 N–H and O–H groups in total. The molecule has 0 bridgehead atoms. The molecule has 2 amide bonds. The van der Waals surface area contributed by atoms with Gasteiger partial charge in [-0.25, -0.2) is 8.42 Å². The molecule has 2 aliphatic rings. The molecule has 1 saturated carbocycles. The quantitative estimate of drug-likeness (QED) is 0.808. The van der Waals surface area contributed by atoms with Gasteiger partial charge >= 0.3 is 0 Å². The highest BCUT2D eigenvalue weighted by Crippen LogP contribution is 2.26. The molecule has 0 aromatic carbocycles. The molecule has 2 unspecified atom stereocenters. The van der Waals surface area contributed by atoms with Crippen LogP contribution in [0.15, 0.2) is 0 Å². The summed E-state index contributed by atoms with van der Waals surface area (Å²) >= 11 is 0. The number of likely N-dealkylation sites (tertiary alicyclic amines) is 1. The maximum atomic E-state index is 12.3. The van der Waals surface area contributed by atoms with Crippen molar-refractivity contribution >= 4 is 21.7 Å². The van der Waals surface area contributed by atoms with E-state index in [0.29, 0.717) is 13.0 Å². The minimum Gasteiger partial charge on any atom is -0.369 e.